The maximum absolute atomic E-state index is 13.5. The molecule has 0 radical (unpaired) electrons. The molecule has 2 aliphatic heterocycles. The van der Waals surface area contributed by atoms with Gasteiger partial charge in [-0.15, -0.1) is 0 Å². The first-order valence-electron chi connectivity index (χ1n) is 8.25. The van der Waals surface area contributed by atoms with Crippen LogP contribution in [0.5, 0.6) is 0 Å². The van der Waals surface area contributed by atoms with E-state index in [4.69, 9.17) is 4.74 Å². The molecular formula is C18H25FN2O2. The number of piperidine rings is 2. The van der Waals surface area contributed by atoms with Crippen LogP contribution in [0.25, 0.3) is 0 Å². The van der Waals surface area contributed by atoms with Crippen LogP contribution in [0, 0.1) is 5.41 Å². The lowest BCUT2D eigenvalue weighted by molar-refractivity contribution is -0.105. The average molecular weight is 320 g/mol. The Kier molecular flexibility index (Phi) is 4.32. The number of nitrogens with one attached hydrogen (secondary N) is 1. The van der Waals surface area contributed by atoms with E-state index in [1.807, 2.05) is 30.3 Å². The Bertz CT molecular complexity index is 555. The van der Waals surface area contributed by atoms with E-state index in [9.17, 15) is 9.18 Å². The first-order valence-corrected chi connectivity index (χ1v) is 8.25. The zero-order valence-electron chi connectivity index (χ0n) is 13.8. The standard InChI is InChI=1S/C18H25FN2O2/c1-14(2)20-18-9-17(10-18,11-19)12-21(13-18)16(22)23-8-15-6-4-3-5-7-15/h3-7,14,20H,8-13H2,1-2H3. The second-order valence-corrected chi connectivity index (χ2v) is 7.46. The van der Waals surface area contributed by atoms with E-state index in [-0.39, 0.29) is 30.3 Å². The predicted molar refractivity (Wildman–Crippen MR) is 86.8 cm³/mol. The highest BCUT2D eigenvalue weighted by molar-refractivity contribution is 5.68. The molecule has 23 heavy (non-hydrogen) atoms. The molecule has 4 nitrogen and oxygen atoms in total. The number of amides is 1. The van der Waals surface area contributed by atoms with Crippen LogP contribution in [-0.4, -0.2) is 42.3 Å². The highest BCUT2D eigenvalue weighted by Gasteiger charge is 2.60. The van der Waals surface area contributed by atoms with Crippen molar-refractivity contribution in [2.24, 2.45) is 5.41 Å². The van der Waals surface area contributed by atoms with Crippen LogP contribution in [0.2, 0.25) is 0 Å². The number of carbonyl (C=O) groups is 1. The zero-order chi connectivity index (χ0) is 16.5. The van der Waals surface area contributed by atoms with Gasteiger partial charge in [-0.3, -0.25) is 4.39 Å². The summed E-state index contributed by atoms with van der Waals surface area (Å²) in [4.78, 5) is 14.0. The first-order chi connectivity index (χ1) is 11.0. The van der Waals surface area contributed by atoms with Gasteiger partial charge in [-0.25, -0.2) is 4.79 Å². The molecule has 4 rings (SSSR count). The highest BCUT2D eigenvalue weighted by Crippen LogP contribution is 2.53. The molecule has 2 heterocycles. The smallest absolute Gasteiger partial charge is 0.410 e. The Morgan fingerprint density at radius 2 is 2.00 bits per heavy atom. The van der Waals surface area contributed by atoms with E-state index in [1.165, 1.54) is 0 Å². The summed E-state index contributed by atoms with van der Waals surface area (Å²) in [5.41, 5.74) is 0.425. The third-order valence-electron chi connectivity index (χ3n) is 4.79. The van der Waals surface area contributed by atoms with E-state index >= 15 is 0 Å². The van der Waals surface area contributed by atoms with Gasteiger partial charge in [-0.05, 0) is 18.4 Å². The van der Waals surface area contributed by atoms with Gasteiger partial charge in [0.25, 0.3) is 0 Å². The van der Waals surface area contributed by atoms with Crippen molar-refractivity contribution in [3.63, 3.8) is 0 Å². The van der Waals surface area contributed by atoms with Crippen LogP contribution in [0.1, 0.15) is 32.3 Å². The summed E-state index contributed by atoms with van der Waals surface area (Å²) in [5, 5.41) is 3.53. The summed E-state index contributed by atoms with van der Waals surface area (Å²) >= 11 is 0. The Morgan fingerprint density at radius 3 is 2.61 bits per heavy atom. The molecule has 3 aliphatic rings. The van der Waals surface area contributed by atoms with Crippen molar-refractivity contribution in [2.45, 2.75) is 44.9 Å². The van der Waals surface area contributed by atoms with Crippen LogP contribution in [0.15, 0.2) is 30.3 Å². The van der Waals surface area contributed by atoms with E-state index in [0.717, 1.165) is 18.4 Å². The quantitative estimate of drug-likeness (QED) is 0.906. The Balaban J connectivity index is 1.62. The zero-order valence-corrected chi connectivity index (χ0v) is 13.8. The lowest BCUT2D eigenvalue weighted by Crippen LogP contribution is -2.74. The number of halogens is 1. The van der Waals surface area contributed by atoms with Crippen LogP contribution in [0.3, 0.4) is 0 Å². The summed E-state index contributed by atoms with van der Waals surface area (Å²) < 4.78 is 18.9. The van der Waals surface area contributed by atoms with Crippen LogP contribution in [0.4, 0.5) is 9.18 Å². The molecule has 0 spiro atoms. The van der Waals surface area contributed by atoms with Crippen LogP contribution < -0.4 is 5.32 Å². The van der Waals surface area contributed by atoms with Crippen molar-refractivity contribution in [1.82, 2.24) is 10.2 Å². The maximum atomic E-state index is 13.5. The number of hydrogen-bond acceptors (Lipinski definition) is 3. The number of nitrogens with zero attached hydrogens (tertiary/aromatic N) is 1. The first kappa shape index (κ1) is 16.2. The molecule has 1 aliphatic carbocycles. The van der Waals surface area contributed by atoms with Crippen molar-refractivity contribution >= 4 is 6.09 Å². The molecule has 0 aromatic heterocycles. The number of hydrogen-bond donors (Lipinski definition) is 1. The molecule has 1 saturated carbocycles. The highest BCUT2D eigenvalue weighted by atomic mass is 19.1. The molecule has 0 atom stereocenters. The Morgan fingerprint density at radius 1 is 1.30 bits per heavy atom. The van der Waals surface area contributed by atoms with Crippen molar-refractivity contribution in [1.29, 1.82) is 0 Å². The van der Waals surface area contributed by atoms with Crippen molar-refractivity contribution in [2.75, 3.05) is 19.8 Å². The Hall–Kier alpha value is -1.62. The minimum atomic E-state index is -0.383. The largest absolute Gasteiger partial charge is 0.445 e. The van der Waals surface area contributed by atoms with Crippen LogP contribution in [-0.2, 0) is 11.3 Å². The van der Waals surface area contributed by atoms with E-state index in [1.54, 1.807) is 4.90 Å². The molecule has 2 bridgehead atoms. The summed E-state index contributed by atoms with van der Waals surface area (Å²) in [7, 11) is 0. The lowest BCUT2D eigenvalue weighted by atomic mass is 9.54. The molecule has 1 aromatic carbocycles. The number of benzene rings is 1. The molecule has 5 heteroatoms. The Labute approximate surface area is 137 Å². The minimum absolute atomic E-state index is 0.149. The third-order valence-corrected chi connectivity index (χ3v) is 4.79. The number of alkyl halides is 1. The molecule has 0 unspecified atom stereocenters. The summed E-state index contributed by atoms with van der Waals surface area (Å²) in [6, 6.07) is 9.92. The summed E-state index contributed by atoms with van der Waals surface area (Å²) in [5.74, 6) is 0. The van der Waals surface area contributed by atoms with Gasteiger partial charge in [0.05, 0.1) is 6.67 Å². The van der Waals surface area contributed by atoms with E-state index < -0.39 is 0 Å². The van der Waals surface area contributed by atoms with Crippen molar-refractivity contribution in [3.05, 3.63) is 35.9 Å². The fraction of sp³-hybridized carbons (Fsp3) is 0.611. The number of rotatable bonds is 5. The second-order valence-electron chi connectivity index (χ2n) is 7.46. The molecular weight excluding hydrogens is 295 g/mol. The maximum Gasteiger partial charge on any atom is 0.410 e. The molecule has 1 aromatic rings. The van der Waals surface area contributed by atoms with Gasteiger partial charge in [0.15, 0.2) is 0 Å². The fourth-order valence-electron chi connectivity index (χ4n) is 4.27. The normalized spacial score (nSPS) is 29.3. The summed E-state index contributed by atoms with van der Waals surface area (Å²) in [6.07, 6.45) is 1.26. The number of carbonyl (C=O) groups excluding carboxylic acids is 1. The van der Waals surface area contributed by atoms with E-state index in [2.05, 4.69) is 19.2 Å². The fourth-order valence-corrected chi connectivity index (χ4v) is 4.27. The monoisotopic (exact) mass is 320 g/mol. The van der Waals surface area contributed by atoms with Gasteiger partial charge in [-0.1, -0.05) is 44.2 Å². The predicted octanol–water partition coefficient (Wildman–Crippen LogP) is 3.13. The molecule has 1 N–H and O–H groups in total. The van der Waals surface area contributed by atoms with Gasteiger partial charge in [-0.2, -0.15) is 0 Å². The molecule has 2 saturated heterocycles. The summed E-state index contributed by atoms with van der Waals surface area (Å²) in [6.45, 7) is 5.09. The second kappa shape index (κ2) is 6.11. The van der Waals surface area contributed by atoms with Gasteiger partial charge in [0.2, 0.25) is 0 Å². The molecule has 3 fully saturated rings. The van der Waals surface area contributed by atoms with Gasteiger partial charge < -0.3 is 15.0 Å². The number of ether oxygens (including phenoxy) is 1. The number of fused-ring (bicyclic) bond motifs is 2. The van der Waals surface area contributed by atoms with Crippen LogP contribution >= 0.6 is 0 Å². The molecule has 126 valence electrons. The van der Waals surface area contributed by atoms with Gasteiger partial charge >= 0.3 is 6.09 Å². The van der Waals surface area contributed by atoms with Crippen molar-refractivity contribution in [3.8, 4) is 0 Å². The van der Waals surface area contributed by atoms with E-state index in [0.29, 0.717) is 19.1 Å². The molecule has 1 amide bonds. The van der Waals surface area contributed by atoms with Crippen molar-refractivity contribution < 1.29 is 13.9 Å². The lowest BCUT2D eigenvalue weighted by Gasteiger charge is -2.63. The average Bonchev–Trinajstić information content (AvgIpc) is 2.51. The topological polar surface area (TPSA) is 41.6 Å². The van der Waals surface area contributed by atoms with Gasteiger partial charge in [0, 0.05) is 30.1 Å². The SMILES string of the molecule is CC(C)NC12CN(C(=O)OCc3ccccc3)CC(CF)(C1)C2. The van der Waals surface area contributed by atoms with Gasteiger partial charge in [0.1, 0.15) is 6.61 Å². The minimum Gasteiger partial charge on any atom is -0.445 e. The third kappa shape index (κ3) is 3.34.